The van der Waals surface area contributed by atoms with Gasteiger partial charge in [0.1, 0.15) is 0 Å². The van der Waals surface area contributed by atoms with Crippen molar-refractivity contribution in [3.8, 4) is 0 Å². The van der Waals surface area contributed by atoms with Crippen molar-refractivity contribution in [1.82, 2.24) is 15.5 Å². The lowest BCUT2D eigenvalue weighted by atomic mass is 10.1. The fraction of sp³-hybridized carbons (Fsp3) is 0.250. The molecule has 1 aliphatic heterocycles. The second-order valence-corrected chi connectivity index (χ2v) is 6.36. The second kappa shape index (κ2) is 9.92. The van der Waals surface area contributed by atoms with Gasteiger partial charge >= 0.3 is 6.18 Å². The molecule has 6 nitrogen and oxygen atoms in total. The van der Waals surface area contributed by atoms with E-state index in [0.29, 0.717) is 22.6 Å². The van der Waals surface area contributed by atoms with Crippen LogP contribution in [-0.2, 0) is 12.7 Å². The first-order valence-corrected chi connectivity index (χ1v) is 8.87. The summed E-state index contributed by atoms with van der Waals surface area (Å²) in [7, 11) is 1.52. The molecule has 0 atom stereocenters. The summed E-state index contributed by atoms with van der Waals surface area (Å²) < 4.78 is 38.4. The summed E-state index contributed by atoms with van der Waals surface area (Å²) >= 11 is 0. The monoisotopic (exact) mass is 532 g/mol. The summed E-state index contributed by atoms with van der Waals surface area (Å²) in [6.45, 7) is 0.515. The molecule has 3 rings (SSSR count). The number of hydrogen-bond donors (Lipinski definition) is 2. The molecular formula is C20H20F3IN4O2. The van der Waals surface area contributed by atoms with Gasteiger partial charge in [-0.1, -0.05) is 24.3 Å². The van der Waals surface area contributed by atoms with Gasteiger partial charge in [-0.3, -0.25) is 19.5 Å². The minimum Gasteiger partial charge on any atom is -0.355 e. The quantitative estimate of drug-likeness (QED) is 0.269. The predicted octanol–water partition coefficient (Wildman–Crippen LogP) is 3.28. The Morgan fingerprint density at radius 2 is 1.63 bits per heavy atom. The Morgan fingerprint density at radius 1 is 1.00 bits per heavy atom. The molecule has 2 aromatic rings. The smallest absolute Gasteiger partial charge is 0.355 e. The Bertz CT molecular complexity index is 928. The zero-order chi connectivity index (χ0) is 21.0. The van der Waals surface area contributed by atoms with Crippen molar-refractivity contribution in [2.24, 2.45) is 4.99 Å². The zero-order valence-corrected chi connectivity index (χ0v) is 18.3. The number of carbonyl (C=O) groups is 2. The Kier molecular flexibility index (Phi) is 7.82. The standard InChI is InChI=1S/C20H19F3N4O2.HI/c1-24-19(26-12-13-5-4-6-14(11-13)20(21,22)23)25-9-10-27-17(28)15-7-2-3-8-16(15)18(27)29;/h2-8,11H,9-10,12H2,1H3,(H2,24,25,26);1H. The van der Waals surface area contributed by atoms with Crippen molar-refractivity contribution >= 4 is 41.8 Å². The highest BCUT2D eigenvalue weighted by atomic mass is 127. The lowest BCUT2D eigenvalue weighted by Crippen LogP contribution is -2.42. The van der Waals surface area contributed by atoms with E-state index in [1.807, 2.05) is 0 Å². The minimum absolute atomic E-state index is 0. The number of nitrogens with one attached hydrogen (secondary N) is 2. The number of rotatable bonds is 5. The minimum atomic E-state index is -4.40. The predicted molar refractivity (Wildman–Crippen MR) is 117 cm³/mol. The van der Waals surface area contributed by atoms with E-state index in [4.69, 9.17) is 0 Å². The number of fused-ring (bicyclic) bond motifs is 1. The van der Waals surface area contributed by atoms with E-state index in [1.54, 1.807) is 30.3 Å². The maximum Gasteiger partial charge on any atom is 0.416 e. The summed E-state index contributed by atoms with van der Waals surface area (Å²) in [4.78, 5) is 29.8. The van der Waals surface area contributed by atoms with Crippen LogP contribution in [0.25, 0.3) is 0 Å². The van der Waals surface area contributed by atoms with Crippen molar-refractivity contribution in [3.05, 3.63) is 70.8 Å². The molecule has 160 valence electrons. The van der Waals surface area contributed by atoms with Crippen LogP contribution in [0.15, 0.2) is 53.5 Å². The van der Waals surface area contributed by atoms with Gasteiger partial charge in [0.25, 0.3) is 11.8 Å². The summed E-state index contributed by atoms with van der Waals surface area (Å²) in [5, 5.41) is 5.86. The van der Waals surface area contributed by atoms with Crippen LogP contribution in [0.5, 0.6) is 0 Å². The third-order valence-corrected chi connectivity index (χ3v) is 4.44. The average Bonchev–Trinajstić information content (AvgIpc) is 2.95. The molecule has 10 heteroatoms. The Balaban J connectivity index is 0.00000320. The van der Waals surface area contributed by atoms with E-state index in [0.717, 1.165) is 17.0 Å². The molecule has 2 amide bonds. The van der Waals surface area contributed by atoms with Crippen LogP contribution >= 0.6 is 24.0 Å². The van der Waals surface area contributed by atoms with Crippen LogP contribution in [0.1, 0.15) is 31.8 Å². The van der Waals surface area contributed by atoms with Crippen molar-refractivity contribution in [3.63, 3.8) is 0 Å². The molecule has 0 bridgehead atoms. The highest BCUT2D eigenvalue weighted by Crippen LogP contribution is 2.29. The number of nitrogens with zero attached hydrogens (tertiary/aromatic N) is 2. The third kappa shape index (κ3) is 5.29. The van der Waals surface area contributed by atoms with Gasteiger partial charge in [0, 0.05) is 26.7 Å². The number of benzene rings is 2. The second-order valence-electron chi connectivity index (χ2n) is 6.36. The topological polar surface area (TPSA) is 73.8 Å². The van der Waals surface area contributed by atoms with Crippen molar-refractivity contribution in [1.29, 1.82) is 0 Å². The molecule has 0 fully saturated rings. The highest BCUT2D eigenvalue weighted by Gasteiger charge is 2.34. The first-order valence-electron chi connectivity index (χ1n) is 8.87. The van der Waals surface area contributed by atoms with E-state index >= 15 is 0 Å². The fourth-order valence-corrected chi connectivity index (χ4v) is 2.99. The van der Waals surface area contributed by atoms with Gasteiger partial charge in [-0.15, -0.1) is 24.0 Å². The molecule has 2 N–H and O–H groups in total. The van der Waals surface area contributed by atoms with Crippen molar-refractivity contribution in [2.75, 3.05) is 20.1 Å². The van der Waals surface area contributed by atoms with Gasteiger partial charge < -0.3 is 10.6 Å². The number of carbonyl (C=O) groups excluding carboxylic acids is 2. The van der Waals surface area contributed by atoms with Gasteiger partial charge in [-0.05, 0) is 29.8 Å². The van der Waals surface area contributed by atoms with Crippen molar-refractivity contribution in [2.45, 2.75) is 12.7 Å². The van der Waals surface area contributed by atoms with Crippen LogP contribution < -0.4 is 10.6 Å². The van der Waals surface area contributed by atoms with E-state index in [9.17, 15) is 22.8 Å². The maximum absolute atomic E-state index is 12.8. The Morgan fingerprint density at radius 3 is 2.20 bits per heavy atom. The molecule has 0 unspecified atom stereocenters. The van der Waals surface area contributed by atoms with Gasteiger partial charge in [0.15, 0.2) is 5.96 Å². The SMILES string of the molecule is CN=C(NCCN1C(=O)c2ccccc2C1=O)NCc1cccc(C(F)(F)F)c1.I. The normalized spacial score (nSPS) is 13.7. The molecule has 0 saturated heterocycles. The fourth-order valence-electron chi connectivity index (χ4n) is 2.99. The van der Waals surface area contributed by atoms with E-state index in [1.165, 1.54) is 13.1 Å². The number of alkyl halides is 3. The van der Waals surface area contributed by atoms with Gasteiger partial charge in [-0.25, -0.2) is 0 Å². The lowest BCUT2D eigenvalue weighted by molar-refractivity contribution is -0.137. The molecule has 0 aromatic heterocycles. The van der Waals surface area contributed by atoms with Gasteiger partial charge in [0.05, 0.1) is 16.7 Å². The Hall–Kier alpha value is -2.63. The summed E-state index contributed by atoms with van der Waals surface area (Å²) in [5.41, 5.74) is 0.489. The molecule has 30 heavy (non-hydrogen) atoms. The average molecular weight is 532 g/mol. The van der Waals surface area contributed by atoms with Crippen LogP contribution in [0.3, 0.4) is 0 Å². The van der Waals surface area contributed by atoms with Gasteiger partial charge in [-0.2, -0.15) is 13.2 Å². The maximum atomic E-state index is 12.8. The van der Waals surface area contributed by atoms with E-state index in [2.05, 4.69) is 15.6 Å². The van der Waals surface area contributed by atoms with E-state index in [-0.39, 0.29) is 55.4 Å². The molecule has 1 heterocycles. The number of aliphatic imine (C=N–C) groups is 1. The molecule has 0 spiro atoms. The van der Waals surface area contributed by atoms with Crippen LogP contribution in [0.4, 0.5) is 13.2 Å². The highest BCUT2D eigenvalue weighted by molar-refractivity contribution is 14.0. The largest absolute Gasteiger partial charge is 0.416 e. The van der Waals surface area contributed by atoms with E-state index < -0.39 is 11.7 Å². The summed E-state index contributed by atoms with van der Waals surface area (Å²) in [6.07, 6.45) is -4.40. The lowest BCUT2D eigenvalue weighted by Gasteiger charge is -2.16. The molecule has 2 aromatic carbocycles. The summed E-state index contributed by atoms with van der Waals surface area (Å²) in [6, 6.07) is 11.6. The summed E-state index contributed by atoms with van der Waals surface area (Å²) in [5.74, 6) is -0.349. The number of guanidine groups is 1. The van der Waals surface area contributed by atoms with Crippen molar-refractivity contribution < 1.29 is 22.8 Å². The molecule has 0 aliphatic carbocycles. The first-order chi connectivity index (χ1) is 13.8. The number of imide groups is 1. The van der Waals surface area contributed by atoms with Gasteiger partial charge in [0.2, 0.25) is 0 Å². The molecule has 0 saturated carbocycles. The number of amides is 2. The molecule has 1 aliphatic rings. The molecule has 0 radical (unpaired) electrons. The third-order valence-electron chi connectivity index (χ3n) is 4.44. The molecular weight excluding hydrogens is 512 g/mol. The first kappa shape index (κ1) is 23.6. The van der Waals surface area contributed by atoms with Crippen LogP contribution in [0.2, 0.25) is 0 Å². The zero-order valence-electron chi connectivity index (χ0n) is 16.0. The number of halogens is 4. The van der Waals surface area contributed by atoms with Crippen LogP contribution in [0, 0.1) is 0 Å². The number of hydrogen-bond acceptors (Lipinski definition) is 3. The van der Waals surface area contributed by atoms with Crippen LogP contribution in [-0.4, -0.2) is 42.8 Å². The Labute approximate surface area is 188 Å².